The van der Waals surface area contributed by atoms with Crippen LogP contribution in [-0.2, 0) is 23.9 Å². The minimum absolute atomic E-state index is 0.105. The highest BCUT2D eigenvalue weighted by molar-refractivity contribution is 6.07. The summed E-state index contributed by atoms with van der Waals surface area (Å²) in [4.78, 5) is 54.5. The number of carboxylic acids is 1. The van der Waals surface area contributed by atoms with Gasteiger partial charge in [-0.3, -0.25) is 19.2 Å². The van der Waals surface area contributed by atoms with Crippen molar-refractivity contribution in [3.8, 4) is 0 Å². The molecule has 1 N–H and O–H groups in total. The van der Waals surface area contributed by atoms with Crippen molar-refractivity contribution in [2.24, 2.45) is 56.7 Å². The number of carboxylic acid groups (broad SMARTS) is 1. The molecule has 5 fully saturated rings. The fourth-order valence-electron chi connectivity index (χ4n) is 12.2. The van der Waals surface area contributed by atoms with E-state index < -0.39 is 22.8 Å². The number of carbonyl (C=O) groups excluding carboxylic acids is 3. The summed E-state index contributed by atoms with van der Waals surface area (Å²) in [6.07, 6.45) is 9.04. The minimum atomic E-state index is -1.15. The summed E-state index contributed by atoms with van der Waals surface area (Å²) >= 11 is 0. The Kier molecular flexibility index (Phi) is 7.76. The zero-order valence-corrected chi connectivity index (χ0v) is 29.1. The zero-order valence-electron chi connectivity index (χ0n) is 29.1. The number of hydrogen-bond donors (Lipinski definition) is 1. The Morgan fingerprint density at radius 1 is 0.933 bits per heavy atom. The summed E-state index contributed by atoms with van der Waals surface area (Å²) in [5.74, 6) is 0.892. The quantitative estimate of drug-likeness (QED) is 0.314. The molecule has 6 rings (SSSR count). The first kappa shape index (κ1) is 32.7. The van der Waals surface area contributed by atoms with Gasteiger partial charge in [0.1, 0.15) is 6.10 Å². The van der Waals surface area contributed by atoms with E-state index in [1.54, 1.807) is 13.8 Å². The normalized spacial score (nSPS) is 40.6. The first-order valence-corrected chi connectivity index (χ1v) is 17.9. The number of nitrogens with zero attached hydrogens (tertiary/aromatic N) is 1. The Bertz CT molecular complexity index is 1320. The van der Waals surface area contributed by atoms with E-state index in [9.17, 15) is 24.3 Å². The molecule has 1 amide bonds. The number of aliphatic carboxylic acids is 1. The number of carbonyl (C=O) groups is 4. The van der Waals surface area contributed by atoms with E-state index in [1.807, 2.05) is 4.90 Å². The van der Waals surface area contributed by atoms with Gasteiger partial charge in [0.25, 0.3) is 0 Å². The molecule has 0 bridgehead atoms. The van der Waals surface area contributed by atoms with Crippen molar-refractivity contribution in [3.63, 3.8) is 0 Å². The van der Waals surface area contributed by atoms with Gasteiger partial charge in [-0.25, -0.2) is 0 Å². The number of hydrogen-bond acceptors (Lipinski definition) is 5. The van der Waals surface area contributed by atoms with Gasteiger partial charge in [0.05, 0.1) is 17.3 Å². The molecule has 7 nitrogen and oxygen atoms in total. The molecule has 1 heterocycles. The van der Waals surface area contributed by atoms with Gasteiger partial charge < -0.3 is 14.7 Å². The van der Waals surface area contributed by atoms with Crippen LogP contribution in [0.3, 0.4) is 0 Å². The average Bonchev–Trinajstić information content (AvgIpc) is 3.22. The van der Waals surface area contributed by atoms with Gasteiger partial charge in [0.2, 0.25) is 5.91 Å². The Morgan fingerprint density at radius 2 is 1.60 bits per heavy atom. The van der Waals surface area contributed by atoms with Gasteiger partial charge in [-0.05, 0) is 123 Å². The van der Waals surface area contributed by atoms with Crippen LogP contribution in [0.5, 0.6) is 0 Å². The van der Waals surface area contributed by atoms with Crippen molar-refractivity contribution in [2.45, 2.75) is 132 Å². The fraction of sp³-hybridized carbons (Fsp3) is 0.842. The standard InChI is InChI=1S/C38H57NO6/c1-22(2)30-25(40)20-38(32(42)39-18-9-19-39)17-12-24-23(31(30)38)10-11-27-36(24,7)15-13-26-35(5,6)28(14-16-37(26,27)8)45-29(41)21-34(3,4)33(43)44/h22-24,26-28H,9-21H2,1-8H3,(H,43,44)/t23?,24?,26?,27?,28?,36?,37?,38-/m1/s1. The molecule has 5 aliphatic carbocycles. The van der Waals surface area contributed by atoms with E-state index in [1.165, 1.54) is 5.57 Å². The maximum Gasteiger partial charge on any atom is 0.309 e. The molecule has 7 heteroatoms. The Labute approximate surface area is 270 Å². The second-order valence-electron chi connectivity index (χ2n) is 18.0. The number of allylic oxidation sites excluding steroid dienone is 1. The van der Waals surface area contributed by atoms with Crippen molar-refractivity contribution < 1.29 is 29.0 Å². The largest absolute Gasteiger partial charge is 0.481 e. The maximum atomic E-state index is 14.1. The number of esters is 1. The molecule has 45 heavy (non-hydrogen) atoms. The van der Waals surface area contributed by atoms with Gasteiger partial charge in [-0.1, -0.05) is 41.5 Å². The first-order valence-electron chi connectivity index (χ1n) is 17.9. The van der Waals surface area contributed by atoms with Crippen LogP contribution in [0.25, 0.3) is 0 Å². The number of ketones is 1. The Balaban J connectivity index is 1.27. The van der Waals surface area contributed by atoms with E-state index in [0.29, 0.717) is 30.1 Å². The van der Waals surface area contributed by atoms with E-state index in [-0.39, 0.29) is 46.4 Å². The summed E-state index contributed by atoms with van der Waals surface area (Å²) in [5.41, 5.74) is 0.492. The van der Waals surface area contributed by atoms with Crippen LogP contribution >= 0.6 is 0 Å². The van der Waals surface area contributed by atoms with Gasteiger partial charge in [0, 0.05) is 24.9 Å². The predicted molar refractivity (Wildman–Crippen MR) is 172 cm³/mol. The van der Waals surface area contributed by atoms with Crippen molar-refractivity contribution in [1.82, 2.24) is 4.90 Å². The molecule has 0 aromatic rings. The number of Topliss-reactive ketones (excluding diaryl/α,β-unsaturated/α-hetero) is 1. The van der Waals surface area contributed by atoms with E-state index in [2.05, 4.69) is 41.5 Å². The van der Waals surface area contributed by atoms with Crippen LogP contribution in [0.4, 0.5) is 0 Å². The molecular weight excluding hydrogens is 566 g/mol. The van der Waals surface area contributed by atoms with Gasteiger partial charge in [0.15, 0.2) is 5.78 Å². The molecule has 0 aromatic carbocycles. The molecular formula is C38H57NO6. The van der Waals surface area contributed by atoms with Crippen LogP contribution in [0, 0.1) is 56.7 Å². The molecule has 250 valence electrons. The number of amides is 1. The third-order valence-electron chi connectivity index (χ3n) is 14.5. The highest BCUT2D eigenvalue weighted by atomic mass is 16.5. The topological polar surface area (TPSA) is 101 Å². The van der Waals surface area contributed by atoms with Crippen molar-refractivity contribution in [3.05, 3.63) is 11.1 Å². The van der Waals surface area contributed by atoms with Crippen molar-refractivity contribution in [2.75, 3.05) is 13.1 Å². The lowest BCUT2D eigenvalue weighted by molar-refractivity contribution is -0.214. The smallest absolute Gasteiger partial charge is 0.309 e. The third kappa shape index (κ3) is 4.70. The lowest BCUT2D eigenvalue weighted by Gasteiger charge is -2.68. The summed E-state index contributed by atoms with van der Waals surface area (Å²) in [7, 11) is 0. The number of ether oxygens (including phenoxy) is 1. The molecule has 7 unspecified atom stereocenters. The van der Waals surface area contributed by atoms with Crippen LogP contribution in [0.2, 0.25) is 0 Å². The van der Waals surface area contributed by atoms with Crippen molar-refractivity contribution >= 4 is 23.6 Å². The first-order chi connectivity index (χ1) is 20.9. The number of rotatable bonds is 6. The van der Waals surface area contributed by atoms with Crippen molar-refractivity contribution in [1.29, 1.82) is 0 Å². The molecule has 6 aliphatic rings. The molecule has 1 saturated heterocycles. The predicted octanol–water partition coefficient (Wildman–Crippen LogP) is 7.22. The second kappa shape index (κ2) is 10.7. The Morgan fingerprint density at radius 3 is 2.20 bits per heavy atom. The number of likely N-dealkylation sites (tertiary alicyclic amines) is 1. The second-order valence-corrected chi connectivity index (χ2v) is 18.0. The lowest BCUT2D eigenvalue weighted by Crippen LogP contribution is -2.63. The van der Waals surface area contributed by atoms with Crippen LogP contribution in [0.1, 0.15) is 126 Å². The fourth-order valence-corrected chi connectivity index (χ4v) is 12.2. The molecule has 0 radical (unpaired) electrons. The van der Waals surface area contributed by atoms with E-state index in [0.717, 1.165) is 76.5 Å². The SMILES string of the molecule is CC(C)C1=C2C3CCC4C(C)(CCC5C(C)(C)C(OC(=O)CC(C)(C)C(=O)O)CCC54C)C3CC[C@@]2(C(=O)N2CCC2)CC1=O. The third-order valence-corrected chi connectivity index (χ3v) is 14.5. The summed E-state index contributed by atoms with van der Waals surface area (Å²) in [6, 6.07) is 0. The van der Waals surface area contributed by atoms with Crippen LogP contribution in [0.15, 0.2) is 11.1 Å². The zero-order chi connectivity index (χ0) is 32.9. The summed E-state index contributed by atoms with van der Waals surface area (Å²) in [6.45, 7) is 18.7. The van der Waals surface area contributed by atoms with Gasteiger partial charge >= 0.3 is 11.9 Å². The van der Waals surface area contributed by atoms with Crippen LogP contribution in [-0.4, -0.2) is 52.8 Å². The Hall–Kier alpha value is -2.18. The van der Waals surface area contributed by atoms with Gasteiger partial charge in [-0.15, -0.1) is 0 Å². The summed E-state index contributed by atoms with van der Waals surface area (Å²) < 4.78 is 6.12. The average molecular weight is 624 g/mol. The lowest BCUT2D eigenvalue weighted by atomic mass is 9.36. The molecule has 8 atom stereocenters. The van der Waals surface area contributed by atoms with Crippen LogP contribution < -0.4 is 0 Å². The highest BCUT2D eigenvalue weighted by Crippen LogP contribution is 2.73. The molecule has 0 spiro atoms. The highest BCUT2D eigenvalue weighted by Gasteiger charge is 2.68. The molecule has 1 aliphatic heterocycles. The minimum Gasteiger partial charge on any atom is -0.481 e. The van der Waals surface area contributed by atoms with E-state index >= 15 is 0 Å². The monoisotopic (exact) mass is 623 g/mol. The van der Waals surface area contributed by atoms with E-state index in [4.69, 9.17) is 4.74 Å². The number of fused-ring (bicyclic) bond motifs is 7. The maximum absolute atomic E-state index is 14.1. The molecule has 0 aromatic heterocycles. The van der Waals surface area contributed by atoms with Gasteiger partial charge in [-0.2, -0.15) is 0 Å². The molecule has 4 saturated carbocycles. The summed E-state index contributed by atoms with van der Waals surface area (Å²) in [5, 5.41) is 9.54.